The topological polar surface area (TPSA) is 131 Å². The van der Waals surface area contributed by atoms with Gasteiger partial charge in [0, 0.05) is 11.3 Å². The van der Waals surface area contributed by atoms with Gasteiger partial charge in [-0.15, -0.1) is 0 Å². The maximum Gasteiger partial charge on any atom is 0.306 e. The van der Waals surface area contributed by atoms with Crippen LogP contribution in [0.5, 0.6) is 5.75 Å². The molecule has 0 bridgehead atoms. The zero-order valence-corrected chi connectivity index (χ0v) is 16.8. The fourth-order valence-corrected chi connectivity index (χ4v) is 4.47. The Balaban J connectivity index is 1.62. The number of imidazole rings is 1. The molecule has 4 N–H and O–H groups in total. The van der Waals surface area contributed by atoms with Crippen molar-refractivity contribution in [1.82, 2.24) is 24.6 Å². The molecular weight excluding hydrogens is 396 g/mol. The van der Waals surface area contributed by atoms with Crippen molar-refractivity contribution in [2.75, 3.05) is 5.73 Å². The molecule has 0 saturated heterocycles. The number of carboxylic acid groups (broad SMARTS) is 1. The summed E-state index contributed by atoms with van der Waals surface area (Å²) >= 11 is 0. The quantitative estimate of drug-likeness (QED) is 0.421. The van der Waals surface area contributed by atoms with Crippen molar-refractivity contribution < 1.29 is 14.6 Å². The van der Waals surface area contributed by atoms with Crippen molar-refractivity contribution in [1.29, 1.82) is 0 Å². The van der Waals surface area contributed by atoms with Crippen molar-refractivity contribution in [3.8, 4) is 17.1 Å². The van der Waals surface area contributed by atoms with Gasteiger partial charge < -0.3 is 20.6 Å². The molecule has 158 valence electrons. The fourth-order valence-electron chi connectivity index (χ4n) is 4.47. The van der Waals surface area contributed by atoms with E-state index in [0.29, 0.717) is 35.6 Å². The lowest BCUT2D eigenvalue weighted by atomic mass is 9.82. The smallest absolute Gasteiger partial charge is 0.306 e. The van der Waals surface area contributed by atoms with Gasteiger partial charge in [-0.05, 0) is 37.8 Å². The number of anilines is 1. The molecule has 0 aliphatic heterocycles. The molecule has 3 heterocycles. The zero-order chi connectivity index (χ0) is 21.5. The first-order valence-electron chi connectivity index (χ1n) is 10.2. The van der Waals surface area contributed by atoms with Crippen molar-refractivity contribution in [2.45, 2.75) is 31.6 Å². The third-order valence-electron chi connectivity index (χ3n) is 6.01. The van der Waals surface area contributed by atoms with E-state index in [1.54, 1.807) is 4.52 Å². The van der Waals surface area contributed by atoms with Gasteiger partial charge in [0.25, 0.3) is 0 Å². The van der Waals surface area contributed by atoms with E-state index in [1.807, 2.05) is 24.3 Å². The van der Waals surface area contributed by atoms with Gasteiger partial charge >= 0.3 is 5.97 Å². The normalized spacial score (nSPS) is 19.0. The Kier molecular flexibility index (Phi) is 4.58. The number of nitrogens with zero attached hydrogens (tertiary/aromatic N) is 4. The summed E-state index contributed by atoms with van der Waals surface area (Å²) in [5.74, 6) is 0.871. The van der Waals surface area contributed by atoms with E-state index in [1.165, 1.54) is 12.6 Å². The van der Waals surface area contributed by atoms with E-state index in [0.717, 1.165) is 35.3 Å². The molecule has 1 fully saturated rings. The minimum atomic E-state index is -0.727. The average molecular weight is 418 g/mol. The number of aliphatic carboxylic acids is 1. The second kappa shape index (κ2) is 7.42. The van der Waals surface area contributed by atoms with E-state index in [4.69, 9.17) is 15.5 Å². The number of hydrogen-bond donors (Lipinski definition) is 3. The molecule has 0 atom stereocenters. The van der Waals surface area contributed by atoms with Crippen LogP contribution in [0, 0.1) is 5.92 Å². The van der Waals surface area contributed by atoms with Crippen LogP contribution in [0.15, 0.2) is 43.4 Å². The number of nitrogens with one attached hydrogen (secondary N) is 1. The monoisotopic (exact) mass is 418 g/mol. The number of ether oxygens (including phenoxy) is 1. The van der Waals surface area contributed by atoms with Crippen LogP contribution in [-0.2, 0) is 4.79 Å². The van der Waals surface area contributed by atoms with Crippen LogP contribution in [0.4, 0.5) is 5.82 Å². The van der Waals surface area contributed by atoms with E-state index in [-0.39, 0.29) is 11.8 Å². The van der Waals surface area contributed by atoms with Gasteiger partial charge in [-0.25, -0.2) is 14.5 Å². The predicted octanol–water partition coefficient (Wildman–Crippen LogP) is 3.74. The number of aromatic amines is 1. The number of carboxylic acids is 1. The van der Waals surface area contributed by atoms with E-state index in [2.05, 4.69) is 21.6 Å². The summed E-state index contributed by atoms with van der Waals surface area (Å²) < 4.78 is 7.27. The van der Waals surface area contributed by atoms with Crippen molar-refractivity contribution in [3.05, 3.63) is 49.3 Å². The lowest BCUT2D eigenvalue weighted by molar-refractivity contribution is -0.142. The van der Waals surface area contributed by atoms with E-state index < -0.39 is 5.97 Å². The molecule has 1 saturated carbocycles. The first kappa shape index (κ1) is 19.1. The standard InChI is InChI=1S/C22H22N6O3/c1-2-31-16-5-3-4-14-10-15(26-17(14)16)18-19-20(23)24-11-25-28(19)21(27-18)12-6-8-13(9-7-12)22(29)30/h2-5,10-13,26H,1,6-9H2,(H,29,30)(H2,23,24,25). The summed E-state index contributed by atoms with van der Waals surface area (Å²) in [6.45, 7) is 3.63. The number of para-hydroxylation sites is 1. The van der Waals surface area contributed by atoms with Crippen LogP contribution in [0.25, 0.3) is 27.8 Å². The molecule has 1 aromatic carbocycles. The van der Waals surface area contributed by atoms with Gasteiger partial charge in [0.2, 0.25) is 0 Å². The molecule has 0 unspecified atom stereocenters. The first-order valence-corrected chi connectivity index (χ1v) is 10.2. The van der Waals surface area contributed by atoms with Gasteiger partial charge in [0.15, 0.2) is 11.6 Å². The van der Waals surface area contributed by atoms with E-state index >= 15 is 0 Å². The summed E-state index contributed by atoms with van der Waals surface area (Å²) in [6.07, 6.45) is 5.53. The number of H-pyrrole nitrogens is 1. The summed E-state index contributed by atoms with van der Waals surface area (Å²) in [5.41, 5.74) is 9.13. The van der Waals surface area contributed by atoms with Gasteiger partial charge in [0.05, 0.1) is 23.4 Å². The molecule has 31 heavy (non-hydrogen) atoms. The number of aromatic nitrogens is 5. The van der Waals surface area contributed by atoms with Gasteiger partial charge in [-0.1, -0.05) is 18.7 Å². The van der Waals surface area contributed by atoms with E-state index in [9.17, 15) is 9.90 Å². The highest BCUT2D eigenvalue weighted by Gasteiger charge is 2.31. The largest absolute Gasteiger partial charge is 0.481 e. The van der Waals surface area contributed by atoms with Crippen molar-refractivity contribution in [3.63, 3.8) is 0 Å². The van der Waals surface area contributed by atoms with Crippen LogP contribution < -0.4 is 10.5 Å². The number of nitrogen functional groups attached to an aromatic ring is 1. The third kappa shape index (κ3) is 3.18. The minimum absolute atomic E-state index is 0.107. The van der Waals surface area contributed by atoms with Crippen LogP contribution in [0.3, 0.4) is 0 Å². The number of carbonyl (C=O) groups is 1. The van der Waals surface area contributed by atoms with Crippen LogP contribution in [0.2, 0.25) is 0 Å². The highest BCUT2D eigenvalue weighted by Crippen LogP contribution is 2.39. The lowest BCUT2D eigenvalue weighted by Crippen LogP contribution is -2.21. The Hall–Kier alpha value is -3.88. The predicted molar refractivity (Wildman–Crippen MR) is 116 cm³/mol. The Morgan fingerprint density at radius 1 is 1.32 bits per heavy atom. The average Bonchev–Trinajstić information content (AvgIpc) is 3.37. The molecule has 4 aromatic rings. The highest BCUT2D eigenvalue weighted by molar-refractivity contribution is 5.93. The lowest BCUT2D eigenvalue weighted by Gasteiger charge is -2.24. The van der Waals surface area contributed by atoms with Gasteiger partial charge in [-0.3, -0.25) is 4.79 Å². The van der Waals surface area contributed by atoms with Gasteiger partial charge in [-0.2, -0.15) is 5.10 Å². The maximum atomic E-state index is 11.3. The number of fused-ring (bicyclic) bond motifs is 2. The summed E-state index contributed by atoms with van der Waals surface area (Å²) in [4.78, 5) is 23.8. The molecule has 3 aromatic heterocycles. The Morgan fingerprint density at radius 2 is 2.13 bits per heavy atom. The van der Waals surface area contributed by atoms with Crippen LogP contribution >= 0.6 is 0 Å². The summed E-state index contributed by atoms with van der Waals surface area (Å²) in [6, 6.07) is 7.75. The zero-order valence-electron chi connectivity index (χ0n) is 16.8. The molecule has 5 rings (SSSR count). The second-order valence-electron chi connectivity index (χ2n) is 7.80. The summed E-state index contributed by atoms with van der Waals surface area (Å²) in [5, 5.41) is 14.7. The number of nitrogens with two attached hydrogens (primary N) is 1. The molecule has 0 spiro atoms. The molecule has 1 aliphatic carbocycles. The fraction of sp³-hybridized carbons (Fsp3) is 0.273. The Morgan fingerprint density at radius 3 is 2.87 bits per heavy atom. The number of benzene rings is 1. The molecule has 9 nitrogen and oxygen atoms in total. The molecule has 9 heteroatoms. The summed E-state index contributed by atoms with van der Waals surface area (Å²) in [7, 11) is 0. The van der Waals surface area contributed by atoms with Crippen LogP contribution in [0.1, 0.15) is 37.4 Å². The maximum absolute atomic E-state index is 11.3. The highest BCUT2D eigenvalue weighted by atomic mass is 16.5. The second-order valence-corrected chi connectivity index (χ2v) is 7.80. The molecule has 0 amide bonds. The minimum Gasteiger partial charge on any atom is -0.481 e. The van der Waals surface area contributed by atoms with Crippen LogP contribution in [-0.4, -0.2) is 35.6 Å². The molecule has 0 radical (unpaired) electrons. The Bertz CT molecular complexity index is 1300. The molecular formula is C22H22N6O3. The molecule has 1 aliphatic rings. The Labute approximate surface area is 177 Å². The van der Waals surface area contributed by atoms with Crippen molar-refractivity contribution in [2.24, 2.45) is 5.92 Å². The first-order chi connectivity index (χ1) is 15.1. The van der Waals surface area contributed by atoms with Crippen molar-refractivity contribution >= 4 is 28.2 Å². The number of rotatable bonds is 5. The third-order valence-corrected chi connectivity index (χ3v) is 6.01. The SMILES string of the molecule is C=COc1cccc2cc(-c3nc(C4CCC(C(=O)O)CC4)n4ncnc(N)c34)[nH]c12. The van der Waals surface area contributed by atoms with Gasteiger partial charge in [0.1, 0.15) is 23.4 Å². The number of hydrogen-bond acceptors (Lipinski definition) is 6.